The smallest absolute Gasteiger partial charge is 0.274 e. The maximum Gasteiger partial charge on any atom is 0.274 e. The molecule has 0 spiro atoms. The number of aliphatic imine (C=N–C) groups is 1. The molecular weight excluding hydrogens is 342 g/mol. The predicted octanol–water partition coefficient (Wildman–Crippen LogP) is 2.97. The van der Waals surface area contributed by atoms with Gasteiger partial charge in [0.15, 0.2) is 0 Å². The highest BCUT2D eigenvalue weighted by molar-refractivity contribution is 7.92. The van der Waals surface area contributed by atoms with Crippen LogP contribution in [0.25, 0.3) is 6.08 Å². The van der Waals surface area contributed by atoms with E-state index in [2.05, 4.69) is 16.4 Å². The SMILES string of the molecule is C=Nc1cc(S(=O)(=O)Nc2ccc(C(=O)NO)cc2)ccc1/C=C\C. The van der Waals surface area contributed by atoms with Crippen LogP contribution in [0.5, 0.6) is 0 Å². The first-order chi connectivity index (χ1) is 11.9. The molecule has 2 aromatic carbocycles. The van der Waals surface area contributed by atoms with Gasteiger partial charge in [-0.25, -0.2) is 13.9 Å². The van der Waals surface area contributed by atoms with Crippen LogP contribution in [-0.2, 0) is 10.0 Å². The van der Waals surface area contributed by atoms with Crippen molar-refractivity contribution in [1.82, 2.24) is 5.48 Å². The van der Waals surface area contributed by atoms with Crippen LogP contribution in [0, 0.1) is 0 Å². The molecule has 7 nitrogen and oxygen atoms in total. The van der Waals surface area contributed by atoms with Crippen molar-refractivity contribution >= 4 is 40.1 Å². The number of hydroxylamine groups is 1. The highest BCUT2D eigenvalue weighted by Crippen LogP contribution is 2.26. The summed E-state index contributed by atoms with van der Waals surface area (Å²) in [5, 5.41) is 8.57. The number of anilines is 1. The molecule has 0 bridgehead atoms. The van der Waals surface area contributed by atoms with Gasteiger partial charge in [-0.15, -0.1) is 0 Å². The van der Waals surface area contributed by atoms with Gasteiger partial charge in [-0.05, 0) is 55.6 Å². The second-order valence-corrected chi connectivity index (χ2v) is 6.68. The van der Waals surface area contributed by atoms with E-state index >= 15 is 0 Å². The van der Waals surface area contributed by atoms with Gasteiger partial charge >= 0.3 is 0 Å². The average Bonchev–Trinajstić information content (AvgIpc) is 2.61. The Morgan fingerprint density at radius 2 is 1.88 bits per heavy atom. The van der Waals surface area contributed by atoms with E-state index in [1.165, 1.54) is 41.9 Å². The van der Waals surface area contributed by atoms with Gasteiger partial charge in [0, 0.05) is 11.3 Å². The van der Waals surface area contributed by atoms with Gasteiger partial charge in [-0.1, -0.05) is 18.2 Å². The molecule has 0 aliphatic carbocycles. The fourth-order valence-corrected chi connectivity index (χ4v) is 3.19. The summed E-state index contributed by atoms with van der Waals surface area (Å²) in [6.07, 6.45) is 3.62. The summed E-state index contributed by atoms with van der Waals surface area (Å²) in [6, 6.07) is 10.2. The molecular formula is C17H17N3O4S. The lowest BCUT2D eigenvalue weighted by Crippen LogP contribution is -2.18. The number of sulfonamides is 1. The lowest BCUT2D eigenvalue weighted by Gasteiger charge is -2.10. The molecule has 0 atom stereocenters. The van der Waals surface area contributed by atoms with Crippen molar-refractivity contribution in [2.45, 2.75) is 11.8 Å². The summed E-state index contributed by atoms with van der Waals surface area (Å²) in [4.78, 5) is 15.2. The largest absolute Gasteiger partial charge is 0.288 e. The van der Waals surface area contributed by atoms with Crippen molar-refractivity contribution in [3.8, 4) is 0 Å². The highest BCUT2D eigenvalue weighted by atomic mass is 32.2. The van der Waals surface area contributed by atoms with Crippen LogP contribution >= 0.6 is 0 Å². The van der Waals surface area contributed by atoms with E-state index in [0.29, 0.717) is 5.69 Å². The van der Waals surface area contributed by atoms with Crippen LogP contribution in [0.15, 0.2) is 58.4 Å². The summed E-state index contributed by atoms with van der Waals surface area (Å²) in [6.45, 7) is 5.30. The topological polar surface area (TPSA) is 108 Å². The molecule has 130 valence electrons. The van der Waals surface area contributed by atoms with E-state index in [4.69, 9.17) is 5.21 Å². The lowest BCUT2D eigenvalue weighted by molar-refractivity contribution is 0.0706. The zero-order valence-corrected chi connectivity index (χ0v) is 14.2. The fraction of sp³-hybridized carbons (Fsp3) is 0.0588. The van der Waals surface area contributed by atoms with Gasteiger partial charge in [0.1, 0.15) is 0 Å². The molecule has 1 amide bonds. The van der Waals surface area contributed by atoms with E-state index in [9.17, 15) is 13.2 Å². The molecule has 25 heavy (non-hydrogen) atoms. The van der Waals surface area contributed by atoms with E-state index in [1.54, 1.807) is 12.1 Å². The maximum absolute atomic E-state index is 12.5. The van der Waals surface area contributed by atoms with E-state index in [-0.39, 0.29) is 16.1 Å². The van der Waals surface area contributed by atoms with Crippen LogP contribution < -0.4 is 10.2 Å². The quantitative estimate of drug-likeness (QED) is 0.418. The summed E-state index contributed by atoms with van der Waals surface area (Å²) >= 11 is 0. The number of carbonyl (C=O) groups is 1. The lowest BCUT2D eigenvalue weighted by atomic mass is 10.1. The van der Waals surface area contributed by atoms with E-state index in [0.717, 1.165) is 5.56 Å². The normalized spacial score (nSPS) is 11.3. The van der Waals surface area contributed by atoms with Gasteiger partial charge in [-0.2, -0.15) is 0 Å². The van der Waals surface area contributed by atoms with Crippen molar-refractivity contribution in [3.63, 3.8) is 0 Å². The zero-order valence-electron chi connectivity index (χ0n) is 13.4. The van der Waals surface area contributed by atoms with Crippen molar-refractivity contribution in [2.75, 3.05) is 4.72 Å². The van der Waals surface area contributed by atoms with Crippen molar-refractivity contribution in [2.24, 2.45) is 4.99 Å². The second kappa shape index (κ2) is 7.73. The third kappa shape index (κ3) is 4.31. The fourth-order valence-electron chi connectivity index (χ4n) is 2.12. The number of rotatable bonds is 6. The summed E-state index contributed by atoms with van der Waals surface area (Å²) in [7, 11) is -3.83. The first-order valence-electron chi connectivity index (χ1n) is 7.22. The average molecular weight is 359 g/mol. The number of benzene rings is 2. The Balaban J connectivity index is 2.30. The molecule has 2 aromatic rings. The van der Waals surface area contributed by atoms with Crippen molar-refractivity contribution < 1.29 is 18.4 Å². The Bertz CT molecular complexity index is 919. The Hall–Kier alpha value is -2.97. The molecule has 0 unspecified atom stereocenters. The van der Waals surface area contributed by atoms with Crippen LogP contribution in [0.2, 0.25) is 0 Å². The number of carbonyl (C=O) groups excluding carboxylic acids is 1. The number of amides is 1. The second-order valence-electron chi connectivity index (χ2n) is 5.00. The predicted molar refractivity (Wildman–Crippen MR) is 96.9 cm³/mol. The molecule has 0 saturated carbocycles. The Morgan fingerprint density at radius 1 is 1.20 bits per heavy atom. The number of hydrogen-bond acceptors (Lipinski definition) is 5. The Kier molecular flexibility index (Phi) is 5.68. The minimum Gasteiger partial charge on any atom is -0.288 e. The monoisotopic (exact) mass is 359 g/mol. The first kappa shape index (κ1) is 18.4. The minimum atomic E-state index is -3.83. The van der Waals surface area contributed by atoms with Gasteiger partial charge in [-0.3, -0.25) is 19.7 Å². The van der Waals surface area contributed by atoms with Gasteiger partial charge in [0.05, 0.1) is 10.6 Å². The molecule has 0 aromatic heterocycles. The number of nitrogens with one attached hydrogen (secondary N) is 2. The van der Waals surface area contributed by atoms with Crippen LogP contribution in [0.3, 0.4) is 0 Å². The number of allylic oxidation sites excluding steroid dienone is 1. The number of nitrogens with zero attached hydrogens (tertiary/aromatic N) is 1. The standard InChI is InChI=1S/C17H17N3O4S/c1-3-4-12-7-10-15(11-16(12)18-2)25(23,24)20-14-8-5-13(6-9-14)17(21)19-22/h3-11,20,22H,2H2,1H3,(H,19,21)/b4-3-. The van der Waals surface area contributed by atoms with Crippen LogP contribution in [0.4, 0.5) is 11.4 Å². The molecule has 8 heteroatoms. The molecule has 0 heterocycles. The van der Waals surface area contributed by atoms with Gasteiger partial charge in [0.2, 0.25) is 0 Å². The summed E-state index contributed by atoms with van der Waals surface area (Å²) in [5.74, 6) is -0.685. The molecule has 0 aliphatic heterocycles. The summed E-state index contributed by atoms with van der Waals surface area (Å²) in [5.41, 5.74) is 3.19. The molecule has 3 N–H and O–H groups in total. The van der Waals surface area contributed by atoms with Crippen LogP contribution in [0.1, 0.15) is 22.8 Å². The van der Waals surface area contributed by atoms with Crippen LogP contribution in [-0.4, -0.2) is 26.2 Å². The van der Waals surface area contributed by atoms with Gasteiger partial charge < -0.3 is 0 Å². The van der Waals surface area contributed by atoms with E-state index < -0.39 is 15.9 Å². The van der Waals surface area contributed by atoms with Crippen molar-refractivity contribution in [3.05, 3.63) is 59.7 Å². The zero-order chi connectivity index (χ0) is 18.4. The van der Waals surface area contributed by atoms with E-state index in [1.807, 2.05) is 13.0 Å². The van der Waals surface area contributed by atoms with Gasteiger partial charge in [0.25, 0.3) is 15.9 Å². The number of hydrogen-bond donors (Lipinski definition) is 3. The molecule has 0 fully saturated rings. The third-order valence-electron chi connectivity index (χ3n) is 3.33. The molecule has 0 radical (unpaired) electrons. The molecule has 0 saturated heterocycles. The highest BCUT2D eigenvalue weighted by Gasteiger charge is 2.16. The molecule has 2 rings (SSSR count). The summed E-state index contributed by atoms with van der Waals surface area (Å²) < 4.78 is 27.4. The Morgan fingerprint density at radius 3 is 2.44 bits per heavy atom. The maximum atomic E-state index is 12.5. The molecule has 0 aliphatic rings. The minimum absolute atomic E-state index is 0.0420. The van der Waals surface area contributed by atoms with Crippen molar-refractivity contribution in [1.29, 1.82) is 0 Å². The third-order valence-corrected chi connectivity index (χ3v) is 4.71. The first-order valence-corrected chi connectivity index (χ1v) is 8.70. The Labute approximate surface area is 145 Å².